The first-order valence-electron chi connectivity index (χ1n) is 9.20. The van der Waals surface area contributed by atoms with E-state index >= 15 is 0 Å². The van der Waals surface area contributed by atoms with E-state index in [0.29, 0.717) is 27.8 Å². The number of rotatable bonds is 6. The molecule has 1 saturated carbocycles. The van der Waals surface area contributed by atoms with Gasteiger partial charge in [-0.25, -0.2) is 4.79 Å². The smallest absolute Gasteiger partial charge is 0.341 e. The van der Waals surface area contributed by atoms with Crippen LogP contribution in [0.2, 0.25) is 0 Å². The maximum Gasteiger partial charge on any atom is 0.341 e. The van der Waals surface area contributed by atoms with Gasteiger partial charge in [-0.05, 0) is 44.4 Å². The van der Waals surface area contributed by atoms with Crippen molar-refractivity contribution in [2.75, 3.05) is 24.0 Å². The summed E-state index contributed by atoms with van der Waals surface area (Å²) in [5.74, 6) is -0.0298. The van der Waals surface area contributed by atoms with Crippen LogP contribution in [0.15, 0.2) is 18.2 Å². The Labute approximate surface area is 171 Å². The Morgan fingerprint density at radius 2 is 1.90 bits per heavy atom. The number of anilines is 2. The molecule has 0 bridgehead atoms. The minimum Gasteiger partial charge on any atom is -0.454 e. The van der Waals surface area contributed by atoms with Crippen LogP contribution in [0, 0.1) is 19.8 Å². The fourth-order valence-corrected chi connectivity index (χ4v) is 3.95. The van der Waals surface area contributed by atoms with Crippen molar-refractivity contribution in [3.8, 4) is 11.5 Å². The minimum absolute atomic E-state index is 0.0223. The molecule has 8 nitrogen and oxygen atoms in total. The minimum atomic E-state index is -0.640. The molecule has 1 fully saturated rings. The van der Waals surface area contributed by atoms with Crippen LogP contribution in [0.4, 0.5) is 10.7 Å². The van der Waals surface area contributed by atoms with E-state index in [4.69, 9.17) is 14.2 Å². The highest BCUT2D eigenvalue weighted by Gasteiger charge is 2.31. The fraction of sp³-hybridized carbons (Fsp3) is 0.350. The summed E-state index contributed by atoms with van der Waals surface area (Å²) < 4.78 is 15.7. The van der Waals surface area contributed by atoms with E-state index in [9.17, 15) is 14.4 Å². The van der Waals surface area contributed by atoms with E-state index < -0.39 is 18.5 Å². The van der Waals surface area contributed by atoms with E-state index in [-0.39, 0.29) is 18.6 Å². The van der Waals surface area contributed by atoms with Gasteiger partial charge in [0.15, 0.2) is 18.1 Å². The number of benzene rings is 1. The molecule has 0 atom stereocenters. The zero-order valence-corrected chi connectivity index (χ0v) is 16.8. The largest absolute Gasteiger partial charge is 0.454 e. The quantitative estimate of drug-likeness (QED) is 0.701. The highest BCUT2D eigenvalue weighted by atomic mass is 32.1. The molecule has 1 aliphatic heterocycles. The Morgan fingerprint density at radius 1 is 1.14 bits per heavy atom. The first kappa shape index (κ1) is 19.3. The molecule has 2 heterocycles. The molecule has 29 heavy (non-hydrogen) atoms. The highest BCUT2D eigenvalue weighted by Crippen LogP contribution is 2.36. The second kappa shape index (κ2) is 7.75. The van der Waals surface area contributed by atoms with Crippen LogP contribution in [-0.4, -0.2) is 31.2 Å². The second-order valence-electron chi connectivity index (χ2n) is 6.94. The maximum atomic E-state index is 12.6. The van der Waals surface area contributed by atoms with Crippen LogP contribution in [0.1, 0.15) is 33.6 Å². The van der Waals surface area contributed by atoms with Gasteiger partial charge in [0.1, 0.15) is 5.00 Å². The zero-order chi connectivity index (χ0) is 20.5. The van der Waals surface area contributed by atoms with Crippen LogP contribution < -0.4 is 20.1 Å². The SMILES string of the molecule is Cc1sc(NC(=O)C2CC2)c(C(=O)OCC(=O)Nc2ccc3c(c2)OCO3)c1C. The summed E-state index contributed by atoms with van der Waals surface area (Å²) in [6.07, 6.45) is 1.74. The van der Waals surface area contributed by atoms with E-state index in [2.05, 4.69) is 10.6 Å². The van der Waals surface area contributed by atoms with Gasteiger partial charge in [-0.1, -0.05) is 0 Å². The molecule has 1 aliphatic carbocycles. The molecule has 1 aromatic carbocycles. The zero-order valence-electron chi connectivity index (χ0n) is 16.0. The Morgan fingerprint density at radius 3 is 2.66 bits per heavy atom. The molecule has 2 amide bonds. The van der Waals surface area contributed by atoms with Gasteiger partial charge < -0.3 is 24.8 Å². The summed E-state index contributed by atoms with van der Waals surface area (Å²) in [6, 6.07) is 5.00. The van der Waals surface area contributed by atoms with Gasteiger partial charge in [-0.15, -0.1) is 11.3 Å². The molecular weight excluding hydrogens is 396 g/mol. The summed E-state index contributed by atoms with van der Waals surface area (Å²) in [6.45, 7) is 3.36. The lowest BCUT2D eigenvalue weighted by molar-refractivity contribution is -0.119. The number of nitrogens with one attached hydrogen (secondary N) is 2. The average molecular weight is 416 g/mol. The predicted octanol–water partition coefficient (Wildman–Crippen LogP) is 3.24. The van der Waals surface area contributed by atoms with Crippen molar-refractivity contribution in [2.24, 2.45) is 5.92 Å². The van der Waals surface area contributed by atoms with Crippen molar-refractivity contribution in [3.63, 3.8) is 0 Å². The van der Waals surface area contributed by atoms with Crippen molar-refractivity contribution >= 4 is 39.8 Å². The molecular formula is C20H20N2O6S. The van der Waals surface area contributed by atoms with Crippen molar-refractivity contribution in [3.05, 3.63) is 34.2 Å². The number of carbonyl (C=O) groups is 3. The molecule has 0 saturated heterocycles. The molecule has 2 aliphatic rings. The first-order chi connectivity index (χ1) is 13.9. The number of thiophene rings is 1. The fourth-order valence-electron chi connectivity index (χ4n) is 2.89. The van der Waals surface area contributed by atoms with Gasteiger partial charge in [0.2, 0.25) is 12.7 Å². The third-order valence-corrected chi connectivity index (χ3v) is 5.89. The van der Waals surface area contributed by atoms with Crippen LogP contribution in [0.3, 0.4) is 0 Å². The van der Waals surface area contributed by atoms with Gasteiger partial charge in [-0.3, -0.25) is 9.59 Å². The summed E-state index contributed by atoms with van der Waals surface area (Å²) in [4.78, 5) is 37.8. The number of fused-ring (bicyclic) bond motifs is 1. The number of aryl methyl sites for hydroxylation is 1. The lowest BCUT2D eigenvalue weighted by atomic mass is 10.1. The lowest BCUT2D eigenvalue weighted by Gasteiger charge is -2.09. The average Bonchev–Trinajstić information content (AvgIpc) is 3.38. The second-order valence-corrected chi connectivity index (χ2v) is 8.17. The van der Waals surface area contributed by atoms with Gasteiger partial charge >= 0.3 is 5.97 Å². The Bertz CT molecular complexity index is 995. The summed E-state index contributed by atoms with van der Waals surface area (Å²) in [7, 11) is 0. The molecule has 4 rings (SSSR count). The number of amides is 2. The van der Waals surface area contributed by atoms with Gasteiger partial charge in [0.05, 0.1) is 5.56 Å². The van der Waals surface area contributed by atoms with Gasteiger partial charge in [0.25, 0.3) is 5.91 Å². The van der Waals surface area contributed by atoms with E-state index in [0.717, 1.165) is 23.3 Å². The molecule has 2 aromatic rings. The van der Waals surface area contributed by atoms with Crippen LogP contribution in [-0.2, 0) is 14.3 Å². The third-order valence-electron chi connectivity index (χ3n) is 4.76. The Hall–Kier alpha value is -3.07. The maximum absolute atomic E-state index is 12.6. The monoisotopic (exact) mass is 416 g/mol. The van der Waals surface area contributed by atoms with Crippen LogP contribution >= 0.6 is 11.3 Å². The third kappa shape index (κ3) is 4.19. The Balaban J connectivity index is 1.37. The number of carbonyl (C=O) groups excluding carboxylic acids is 3. The number of hydrogen-bond acceptors (Lipinski definition) is 7. The van der Waals surface area contributed by atoms with Crippen LogP contribution in [0.25, 0.3) is 0 Å². The van der Waals surface area contributed by atoms with Crippen molar-refractivity contribution in [1.82, 2.24) is 0 Å². The van der Waals surface area contributed by atoms with E-state index in [1.54, 1.807) is 25.1 Å². The van der Waals surface area contributed by atoms with Crippen molar-refractivity contribution in [1.29, 1.82) is 0 Å². The summed E-state index contributed by atoms with van der Waals surface area (Å²) in [5.41, 5.74) is 1.55. The molecule has 0 unspecified atom stereocenters. The normalized spacial score (nSPS) is 14.4. The van der Waals surface area contributed by atoms with Crippen molar-refractivity contribution in [2.45, 2.75) is 26.7 Å². The topological polar surface area (TPSA) is 103 Å². The summed E-state index contributed by atoms with van der Waals surface area (Å²) >= 11 is 1.33. The molecule has 152 valence electrons. The molecule has 0 radical (unpaired) electrons. The van der Waals surface area contributed by atoms with Gasteiger partial charge in [-0.2, -0.15) is 0 Å². The molecule has 0 spiro atoms. The summed E-state index contributed by atoms with van der Waals surface area (Å²) in [5, 5.41) is 5.94. The number of esters is 1. The predicted molar refractivity (Wildman–Crippen MR) is 107 cm³/mol. The van der Waals surface area contributed by atoms with Crippen LogP contribution in [0.5, 0.6) is 11.5 Å². The Kier molecular flexibility index (Phi) is 5.14. The van der Waals surface area contributed by atoms with Gasteiger partial charge in [0, 0.05) is 22.5 Å². The standard InChI is InChI=1S/C20H20N2O6S/c1-10-11(2)29-19(22-18(24)12-3-4-12)17(10)20(25)26-8-16(23)21-13-5-6-14-15(7-13)28-9-27-14/h5-7,12H,3-4,8-9H2,1-2H3,(H,21,23)(H,22,24). The first-order valence-corrected chi connectivity index (χ1v) is 10.0. The number of ether oxygens (including phenoxy) is 3. The number of hydrogen-bond donors (Lipinski definition) is 2. The lowest BCUT2D eigenvalue weighted by Crippen LogP contribution is -2.22. The molecule has 9 heteroatoms. The highest BCUT2D eigenvalue weighted by molar-refractivity contribution is 7.16. The molecule has 1 aromatic heterocycles. The van der Waals surface area contributed by atoms with E-state index in [1.165, 1.54) is 11.3 Å². The van der Waals surface area contributed by atoms with E-state index in [1.807, 2.05) is 6.92 Å². The van der Waals surface area contributed by atoms with Crippen molar-refractivity contribution < 1.29 is 28.6 Å². The molecule has 2 N–H and O–H groups in total.